The van der Waals surface area contributed by atoms with Crippen molar-refractivity contribution >= 4 is 32.7 Å². The topological polar surface area (TPSA) is 117 Å². The van der Waals surface area contributed by atoms with Gasteiger partial charge < -0.3 is 9.47 Å². The highest BCUT2D eigenvalue weighted by molar-refractivity contribution is 7.89. The van der Waals surface area contributed by atoms with Gasteiger partial charge in [-0.25, -0.2) is 8.42 Å². The van der Waals surface area contributed by atoms with Gasteiger partial charge in [0, 0.05) is 44.3 Å². The van der Waals surface area contributed by atoms with Crippen LogP contribution in [0.5, 0.6) is 0 Å². The van der Waals surface area contributed by atoms with E-state index < -0.39 is 16.1 Å². The van der Waals surface area contributed by atoms with Crippen molar-refractivity contribution in [3.05, 3.63) is 54.5 Å². The van der Waals surface area contributed by atoms with Crippen molar-refractivity contribution in [1.29, 1.82) is 5.26 Å². The van der Waals surface area contributed by atoms with Crippen LogP contribution < -0.4 is 4.72 Å². The summed E-state index contributed by atoms with van der Waals surface area (Å²) in [5.74, 6) is 0.0321. The van der Waals surface area contributed by atoms with Crippen LogP contribution in [0, 0.1) is 17.2 Å². The molecule has 4 rings (SSSR count). The zero-order valence-electron chi connectivity index (χ0n) is 19.8. The van der Waals surface area contributed by atoms with Gasteiger partial charge in [0.1, 0.15) is 17.8 Å². The molecule has 1 aromatic carbocycles. The third-order valence-corrected chi connectivity index (χ3v) is 8.15. The van der Waals surface area contributed by atoms with E-state index in [0.717, 1.165) is 12.8 Å². The molecule has 3 aromatic rings. The van der Waals surface area contributed by atoms with E-state index in [2.05, 4.69) is 17.7 Å². The molecule has 1 aliphatic heterocycles. The summed E-state index contributed by atoms with van der Waals surface area (Å²) in [4.78, 5) is 27.1. The summed E-state index contributed by atoms with van der Waals surface area (Å²) in [6.45, 7) is 5.03. The molecule has 0 spiro atoms. The van der Waals surface area contributed by atoms with Crippen molar-refractivity contribution in [2.75, 3.05) is 13.1 Å². The zero-order chi connectivity index (χ0) is 25.2. The number of aryl methyl sites for hydroxylation is 1. The molecule has 2 aromatic heterocycles. The Balaban J connectivity index is 1.64. The normalized spacial score (nSPS) is 15.7. The minimum Gasteiger partial charge on any atom is -0.341 e. The third kappa shape index (κ3) is 5.16. The zero-order valence-corrected chi connectivity index (χ0v) is 20.7. The summed E-state index contributed by atoms with van der Waals surface area (Å²) < 4.78 is 32.8. The fourth-order valence-corrected chi connectivity index (χ4v) is 6.00. The Labute approximate surface area is 205 Å². The van der Waals surface area contributed by atoms with Gasteiger partial charge in [-0.15, -0.1) is 0 Å². The van der Waals surface area contributed by atoms with Gasteiger partial charge in [-0.1, -0.05) is 13.0 Å². The van der Waals surface area contributed by atoms with Crippen LogP contribution in [0.1, 0.15) is 43.6 Å². The van der Waals surface area contributed by atoms with Crippen LogP contribution in [0.15, 0.2) is 53.7 Å². The van der Waals surface area contributed by atoms with E-state index in [-0.39, 0.29) is 23.1 Å². The van der Waals surface area contributed by atoms with E-state index in [0.29, 0.717) is 42.1 Å². The number of nitrogens with zero attached hydrogens (tertiary/aromatic N) is 4. The Kier molecular flexibility index (Phi) is 7.10. The standard InChI is InChI=1S/C25H29N5O4S/c1-18-8-13-29(14-9-18)25(32)22(11-15-28-12-4-5-20(28)17-26)27-35(33,34)24-7-3-6-23-21(24)10-16-30(23)19(2)31/h3-7,10,12,16,18,22,27H,8-9,11,13-15H2,1-2H3. The maximum Gasteiger partial charge on any atom is 0.241 e. The van der Waals surface area contributed by atoms with E-state index in [4.69, 9.17) is 0 Å². The van der Waals surface area contributed by atoms with Gasteiger partial charge in [-0.3, -0.25) is 14.2 Å². The second-order valence-electron chi connectivity index (χ2n) is 9.06. The number of amides is 1. The summed E-state index contributed by atoms with van der Waals surface area (Å²) in [5.41, 5.74) is 0.931. The first kappa shape index (κ1) is 24.7. The van der Waals surface area contributed by atoms with Crippen molar-refractivity contribution in [2.24, 2.45) is 5.92 Å². The smallest absolute Gasteiger partial charge is 0.241 e. The molecule has 1 atom stereocenters. The number of carbonyl (C=O) groups excluding carboxylic acids is 2. The number of carbonyl (C=O) groups is 2. The summed E-state index contributed by atoms with van der Waals surface area (Å²) in [6, 6.07) is 10.9. The van der Waals surface area contributed by atoms with Gasteiger partial charge in [0.05, 0.1) is 10.4 Å². The van der Waals surface area contributed by atoms with Gasteiger partial charge in [0.2, 0.25) is 21.8 Å². The molecule has 1 unspecified atom stereocenters. The number of nitrogens with one attached hydrogen (secondary N) is 1. The molecular formula is C25H29N5O4S. The van der Waals surface area contributed by atoms with Crippen LogP contribution in [0.3, 0.4) is 0 Å². The van der Waals surface area contributed by atoms with Gasteiger partial charge in [-0.2, -0.15) is 9.98 Å². The average molecular weight is 496 g/mol. The number of benzene rings is 1. The van der Waals surface area contributed by atoms with Crippen molar-refractivity contribution in [1.82, 2.24) is 18.8 Å². The number of nitriles is 1. The van der Waals surface area contributed by atoms with Crippen molar-refractivity contribution in [2.45, 2.75) is 50.6 Å². The highest BCUT2D eigenvalue weighted by atomic mass is 32.2. The van der Waals surface area contributed by atoms with Gasteiger partial charge in [0.15, 0.2) is 0 Å². The van der Waals surface area contributed by atoms with Crippen LogP contribution in [-0.4, -0.2) is 53.4 Å². The molecule has 0 bridgehead atoms. The summed E-state index contributed by atoms with van der Waals surface area (Å²) in [5, 5.41) is 9.71. The summed E-state index contributed by atoms with van der Waals surface area (Å²) in [6.07, 6.45) is 5.22. The quantitative estimate of drug-likeness (QED) is 0.541. The number of fused-ring (bicyclic) bond motifs is 1. The van der Waals surface area contributed by atoms with Crippen LogP contribution in [0.25, 0.3) is 10.9 Å². The average Bonchev–Trinajstić information content (AvgIpc) is 3.48. The number of sulfonamides is 1. The lowest BCUT2D eigenvalue weighted by Crippen LogP contribution is -2.50. The molecule has 1 amide bonds. The second kappa shape index (κ2) is 10.1. The Morgan fingerprint density at radius 2 is 1.89 bits per heavy atom. The number of hydrogen-bond acceptors (Lipinski definition) is 5. The Bertz CT molecular complexity index is 1390. The van der Waals surface area contributed by atoms with Crippen LogP contribution in [-0.2, 0) is 21.4 Å². The van der Waals surface area contributed by atoms with Gasteiger partial charge in [0.25, 0.3) is 0 Å². The second-order valence-corrected chi connectivity index (χ2v) is 10.7. The van der Waals surface area contributed by atoms with Gasteiger partial charge in [-0.05, 0) is 55.5 Å². The van der Waals surface area contributed by atoms with Crippen LogP contribution >= 0.6 is 0 Å². The molecule has 9 nitrogen and oxygen atoms in total. The minimum absolute atomic E-state index is 0.0127. The fraction of sp³-hybridized carbons (Fsp3) is 0.400. The summed E-state index contributed by atoms with van der Waals surface area (Å²) in [7, 11) is -4.10. The lowest BCUT2D eigenvalue weighted by atomic mass is 9.98. The SMILES string of the molecule is CC(=O)n1ccc2c(S(=O)(=O)NC(CCn3cccc3C#N)C(=O)N3CCC(C)CC3)cccc21. The first-order valence-electron chi connectivity index (χ1n) is 11.7. The van der Waals surface area contributed by atoms with E-state index in [1.165, 1.54) is 17.6 Å². The molecule has 0 radical (unpaired) electrons. The van der Waals surface area contributed by atoms with E-state index in [1.807, 2.05) is 0 Å². The third-order valence-electron chi connectivity index (χ3n) is 6.62. The van der Waals surface area contributed by atoms with E-state index in [9.17, 15) is 23.3 Å². The molecular weight excluding hydrogens is 466 g/mol. The molecule has 1 aliphatic rings. The highest BCUT2D eigenvalue weighted by Crippen LogP contribution is 2.25. The number of rotatable bonds is 7. The fourth-order valence-electron chi connectivity index (χ4n) is 4.56. The number of hydrogen-bond donors (Lipinski definition) is 1. The molecule has 1 fully saturated rings. The van der Waals surface area contributed by atoms with Crippen LogP contribution in [0.2, 0.25) is 0 Å². The molecule has 0 aliphatic carbocycles. The maximum absolute atomic E-state index is 13.5. The molecule has 0 saturated carbocycles. The number of piperidine rings is 1. The van der Waals surface area contributed by atoms with Crippen molar-refractivity contribution in [3.8, 4) is 6.07 Å². The first-order valence-corrected chi connectivity index (χ1v) is 13.2. The lowest BCUT2D eigenvalue weighted by Gasteiger charge is -2.33. The predicted octanol–water partition coefficient (Wildman–Crippen LogP) is 2.97. The molecule has 3 heterocycles. The van der Waals surface area contributed by atoms with Crippen molar-refractivity contribution in [3.63, 3.8) is 0 Å². The van der Waals surface area contributed by atoms with Gasteiger partial charge >= 0.3 is 0 Å². The van der Waals surface area contributed by atoms with Crippen molar-refractivity contribution < 1.29 is 18.0 Å². The predicted molar refractivity (Wildman–Crippen MR) is 131 cm³/mol. The maximum atomic E-state index is 13.5. The number of likely N-dealkylation sites (tertiary alicyclic amines) is 1. The monoisotopic (exact) mass is 495 g/mol. The Morgan fingerprint density at radius 3 is 2.57 bits per heavy atom. The van der Waals surface area contributed by atoms with Crippen LogP contribution in [0.4, 0.5) is 0 Å². The summed E-state index contributed by atoms with van der Waals surface area (Å²) >= 11 is 0. The Hall–Kier alpha value is -3.42. The molecule has 10 heteroatoms. The molecule has 1 N–H and O–H groups in total. The minimum atomic E-state index is -4.10. The highest BCUT2D eigenvalue weighted by Gasteiger charge is 2.32. The first-order chi connectivity index (χ1) is 16.7. The lowest BCUT2D eigenvalue weighted by molar-refractivity contribution is -0.134. The Morgan fingerprint density at radius 1 is 1.14 bits per heavy atom. The molecule has 184 valence electrons. The van der Waals surface area contributed by atoms with E-state index in [1.54, 1.807) is 52.2 Å². The largest absolute Gasteiger partial charge is 0.341 e. The van der Waals surface area contributed by atoms with E-state index >= 15 is 0 Å². The molecule has 1 saturated heterocycles. The number of aromatic nitrogens is 2. The molecule has 35 heavy (non-hydrogen) atoms.